The van der Waals surface area contributed by atoms with Gasteiger partial charge in [0.2, 0.25) is 17.7 Å². The zero-order valence-electron chi connectivity index (χ0n) is 18.6. The van der Waals surface area contributed by atoms with Crippen molar-refractivity contribution in [3.63, 3.8) is 0 Å². The van der Waals surface area contributed by atoms with Crippen LogP contribution in [0, 0.1) is 11.8 Å². The molecule has 31 heavy (non-hydrogen) atoms. The molecule has 1 aliphatic rings. The maximum absolute atomic E-state index is 13.3. The van der Waals surface area contributed by atoms with Crippen molar-refractivity contribution >= 4 is 29.3 Å². The van der Waals surface area contributed by atoms with Gasteiger partial charge in [-0.3, -0.25) is 19.2 Å². The van der Waals surface area contributed by atoms with E-state index in [0.29, 0.717) is 41.9 Å². The summed E-state index contributed by atoms with van der Waals surface area (Å²) in [5.41, 5.74) is 5.80. The van der Waals surface area contributed by atoms with E-state index in [2.05, 4.69) is 24.5 Å². The monoisotopic (exact) mass is 432 g/mol. The fourth-order valence-electron chi connectivity index (χ4n) is 3.96. The predicted octanol–water partition coefficient (Wildman–Crippen LogP) is 1.52. The molecule has 1 heterocycles. The van der Waals surface area contributed by atoms with Crippen molar-refractivity contribution in [1.29, 1.82) is 0 Å². The van der Waals surface area contributed by atoms with Gasteiger partial charge in [0.25, 0.3) is 5.91 Å². The van der Waals surface area contributed by atoms with E-state index in [-0.39, 0.29) is 18.7 Å². The number of rotatable bonds is 8. The van der Waals surface area contributed by atoms with Crippen molar-refractivity contribution in [3.05, 3.63) is 23.8 Å². The molecule has 0 saturated carbocycles. The van der Waals surface area contributed by atoms with Gasteiger partial charge in [-0.1, -0.05) is 13.8 Å². The maximum Gasteiger partial charge on any atom is 0.256 e. The summed E-state index contributed by atoms with van der Waals surface area (Å²) < 4.78 is 5.27. The summed E-state index contributed by atoms with van der Waals surface area (Å²) in [4.78, 5) is 50.6. The number of ether oxygens (including phenoxy) is 1. The first-order chi connectivity index (χ1) is 14.6. The van der Waals surface area contributed by atoms with Crippen LogP contribution in [0.15, 0.2) is 18.2 Å². The van der Waals surface area contributed by atoms with Gasteiger partial charge in [0, 0.05) is 26.4 Å². The van der Waals surface area contributed by atoms with E-state index in [1.54, 1.807) is 23.1 Å². The Morgan fingerprint density at radius 2 is 1.84 bits per heavy atom. The topological polar surface area (TPSA) is 131 Å². The van der Waals surface area contributed by atoms with E-state index in [4.69, 9.17) is 10.5 Å². The van der Waals surface area contributed by atoms with Crippen molar-refractivity contribution < 1.29 is 23.9 Å². The summed E-state index contributed by atoms with van der Waals surface area (Å²) in [6, 6.07) is 3.88. The number of piperidine rings is 1. The first-order valence-electron chi connectivity index (χ1n) is 10.4. The SMILES string of the molecule is COc1ccc(NC(=O)[C@H](CCC(N)=O)NC(C)=O)c(C(=O)N2C[C@H](C)C[C@H](C)C2)c1. The highest BCUT2D eigenvalue weighted by Crippen LogP contribution is 2.28. The molecule has 9 nitrogen and oxygen atoms in total. The number of amides is 4. The number of carbonyl (C=O) groups excluding carboxylic acids is 4. The van der Waals surface area contributed by atoms with Crippen LogP contribution in [0.3, 0.4) is 0 Å². The highest BCUT2D eigenvalue weighted by Gasteiger charge is 2.29. The summed E-state index contributed by atoms with van der Waals surface area (Å²) in [6.45, 7) is 6.79. The van der Waals surface area contributed by atoms with Gasteiger partial charge in [0.1, 0.15) is 11.8 Å². The van der Waals surface area contributed by atoms with Crippen molar-refractivity contribution in [2.45, 2.75) is 46.1 Å². The zero-order chi connectivity index (χ0) is 23.1. The number of nitrogens with one attached hydrogen (secondary N) is 2. The van der Waals surface area contributed by atoms with Gasteiger partial charge in [-0.25, -0.2) is 0 Å². The lowest BCUT2D eigenvalue weighted by molar-refractivity contribution is -0.126. The molecule has 0 bridgehead atoms. The van der Waals surface area contributed by atoms with Crippen LogP contribution in [0.2, 0.25) is 0 Å². The van der Waals surface area contributed by atoms with Gasteiger partial charge in [0.05, 0.1) is 18.4 Å². The molecule has 9 heteroatoms. The number of hydrogen-bond donors (Lipinski definition) is 3. The fourth-order valence-corrected chi connectivity index (χ4v) is 3.96. The van der Waals surface area contributed by atoms with Crippen molar-refractivity contribution in [2.75, 3.05) is 25.5 Å². The molecule has 1 aromatic rings. The Morgan fingerprint density at radius 1 is 1.19 bits per heavy atom. The summed E-state index contributed by atoms with van der Waals surface area (Å²) in [5, 5.41) is 5.25. The smallest absolute Gasteiger partial charge is 0.256 e. The van der Waals surface area contributed by atoms with E-state index < -0.39 is 23.8 Å². The summed E-state index contributed by atoms with van der Waals surface area (Å²) >= 11 is 0. The molecule has 4 amide bonds. The van der Waals surface area contributed by atoms with Crippen LogP contribution in [0.4, 0.5) is 5.69 Å². The molecule has 0 spiro atoms. The Labute approximate surface area is 182 Å². The Balaban J connectivity index is 2.28. The predicted molar refractivity (Wildman–Crippen MR) is 117 cm³/mol. The minimum absolute atomic E-state index is 0.0569. The van der Waals surface area contributed by atoms with Crippen LogP contribution in [0.1, 0.15) is 50.4 Å². The lowest BCUT2D eigenvalue weighted by atomic mass is 9.91. The Morgan fingerprint density at radius 3 is 2.39 bits per heavy atom. The highest BCUT2D eigenvalue weighted by molar-refractivity contribution is 6.05. The second-order valence-electron chi connectivity index (χ2n) is 8.32. The van der Waals surface area contributed by atoms with Gasteiger partial charge >= 0.3 is 0 Å². The van der Waals surface area contributed by atoms with E-state index in [9.17, 15) is 19.2 Å². The van der Waals surface area contributed by atoms with Gasteiger partial charge in [-0.15, -0.1) is 0 Å². The molecule has 1 aliphatic heterocycles. The van der Waals surface area contributed by atoms with Crippen LogP contribution in [-0.2, 0) is 14.4 Å². The van der Waals surface area contributed by atoms with Gasteiger partial charge in [0.15, 0.2) is 0 Å². The van der Waals surface area contributed by atoms with Gasteiger partial charge in [-0.05, 0) is 42.9 Å². The zero-order valence-corrected chi connectivity index (χ0v) is 18.6. The molecule has 0 unspecified atom stereocenters. The Hall–Kier alpha value is -3.10. The molecular weight excluding hydrogens is 400 g/mol. The summed E-state index contributed by atoms with van der Waals surface area (Å²) in [6.07, 6.45) is 1.06. The van der Waals surface area contributed by atoms with Gasteiger partial charge in [-0.2, -0.15) is 0 Å². The molecule has 170 valence electrons. The number of hydrogen-bond acceptors (Lipinski definition) is 5. The number of anilines is 1. The average Bonchev–Trinajstić information content (AvgIpc) is 2.69. The number of likely N-dealkylation sites (tertiary alicyclic amines) is 1. The lowest BCUT2D eigenvalue weighted by Gasteiger charge is -2.35. The summed E-state index contributed by atoms with van der Waals surface area (Å²) in [7, 11) is 1.50. The van der Waals surface area contributed by atoms with Crippen LogP contribution < -0.4 is 21.1 Å². The standard InChI is InChI=1S/C22H32N4O5/c1-13-9-14(2)12-26(11-13)22(30)17-10-16(31-4)5-6-18(17)25-21(29)19(24-15(3)27)7-8-20(23)28/h5-6,10,13-14,19H,7-9,11-12H2,1-4H3,(H2,23,28)(H,24,27)(H,25,29)/t13-,14+,19-/m0/s1. The van der Waals surface area contributed by atoms with Crippen LogP contribution in [-0.4, -0.2) is 54.8 Å². The molecule has 2 rings (SSSR count). The number of primary amides is 1. The number of benzene rings is 1. The van der Waals surface area contributed by atoms with Gasteiger partial charge < -0.3 is 26.0 Å². The normalized spacial score (nSPS) is 19.3. The molecular formula is C22H32N4O5. The minimum Gasteiger partial charge on any atom is -0.497 e. The quantitative estimate of drug-likeness (QED) is 0.573. The molecule has 1 aromatic carbocycles. The third kappa shape index (κ3) is 6.97. The fraction of sp³-hybridized carbons (Fsp3) is 0.545. The van der Waals surface area contributed by atoms with Crippen molar-refractivity contribution in [3.8, 4) is 5.75 Å². The maximum atomic E-state index is 13.3. The molecule has 0 aliphatic carbocycles. The van der Waals surface area contributed by atoms with Crippen LogP contribution in [0.25, 0.3) is 0 Å². The first-order valence-corrected chi connectivity index (χ1v) is 10.4. The minimum atomic E-state index is -0.954. The molecule has 1 saturated heterocycles. The third-order valence-electron chi connectivity index (χ3n) is 5.24. The average molecular weight is 433 g/mol. The van der Waals surface area contributed by atoms with Crippen molar-refractivity contribution in [2.24, 2.45) is 17.6 Å². The molecule has 4 N–H and O–H groups in total. The third-order valence-corrected chi connectivity index (χ3v) is 5.24. The number of nitrogens with zero attached hydrogens (tertiary/aromatic N) is 1. The molecule has 0 aromatic heterocycles. The second-order valence-corrected chi connectivity index (χ2v) is 8.32. The Kier molecular flexibility index (Phi) is 8.41. The Bertz CT molecular complexity index is 831. The molecule has 1 fully saturated rings. The number of nitrogens with two attached hydrogens (primary N) is 1. The van der Waals surface area contributed by atoms with Crippen molar-refractivity contribution in [1.82, 2.24) is 10.2 Å². The number of carbonyl (C=O) groups is 4. The lowest BCUT2D eigenvalue weighted by Crippen LogP contribution is -2.44. The van der Waals surface area contributed by atoms with E-state index in [0.717, 1.165) is 6.42 Å². The van der Waals surface area contributed by atoms with E-state index in [1.165, 1.54) is 14.0 Å². The largest absolute Gasteiger partial charge is 0.497 e. The number of methoxy groups -OCH3 is 1. The molecule has 0 radical (unpaired) electrons. The first kappa shape index (κ1) is 24.2. The molecule has 3 atom stereocenters. The summed E-state index contributed by atoms with van der Waals surface area (Å²) in [5.74, 6) is -0.448. The van der Waals surface area contributed by atoms with E-state index >= 15 is 0 Å². The highest BCUT2D eigenvalue weighted by atomic mass is 16.5. The van der Waals surface area contributed by atoms with E-state index in [1.807, 2.05) is 0 Å². The van der Waals surface area contributed by atoms with Crippen LogP contribution in [0.5, 0.6) is 5.75 Å². The van der Waals surface area contributed by atoms with Crippen LogP contribution >= 0.6 is 0 Å². The second kappa shape index (κ2) is 10.8.